The smallest absolute Gasteiger partial charge is 0.263 e. The summed E-state index contributed by atoms with van der Waals surface area (Å²) >= 11 is 1.27. The maximum atomic E-state index is 12.4. The van der Waals surface area contributed by atoms with E-state index in [1.807, 2.05) is 12.1 Å². The van der Waals surface area contributed by atoms with E-state index in [1.54, 1.807) is 29.7 Å². The topological polar surface area (TPSA) is 98.0 Å². The molecule has 158 valence electrons. The van der Waals surface area contributed by atoms with Crippen molar-refractivity contribution in [2.75, 3.05) is 31.7 Å². The summed E-state index contributed by atoms with van der Waals surface area (Å²) in [7, 11) is -0.545. The second kappa shape index (κ2) is 9.08. The summed E-state index contributed by atoms with van der Waals surface area (Å²) in [6.45, 7) is 1.15. The maximum absolute atomic E-state index is 12.4. The number of aryl methyl sites for hydroxylation is 1. The number of likely N-dealkylation sites (tertiary alicyclic amines) is 1. The van der Waals surface area contributed by atoms with Crippen molar-refractivity contribution in [1.82, 2.24) is 9.47 Å². The van der Waals surface area contributed by atoms with E-state index in [1.165, 1.54) is 11.3 Å². The SMILES string of the molecule is COc1ccc2c(c1)sc(=NC(=O)CS(=O)(=O)CC(=O)N1CCCCCC1)n2C. The summed E-state index contributed by atoms with van der Waals surface area (Å²) < 4.78 is 32.5. The second-order valence-corrected chi connectivity index (χ2v) is 10.2. The highest BCUT2D eigenvalue weighted by Gasteiger charge is 2.25. The molecule has 0 radical (unpaired) electrons. The Balaban J connectivity index is 1.72. The zero-order valence-corrected chi connectivity index (χ0v) is 18.2. The quantitative estimate of drug-likeness (QED) is 0.703. The van der Waals surface area contributed by atoms with Gasteiger partial charge in [0.25, 0.3) is 5.91 Å². The Kier molecular flexibility index (Phi) is 6.74. The molecule has 29 heavy (non-hydrogen) atoms. The average molecular weight is 440 g/mol. The van der Waals surface area contributed by atoms with E-state index in [-0.39, 0.29) is 0 Å². The molecule has 1 saturated heterocycles. The summed E-state index contributed by atoms with van der Waals surface area (Å²) in [5.41, 5.74) is 0.863. The van der Waals surface area contributed by atoms with E-state index < -0.39 is 33.2 Å². The molecule has 0 unspecified atom stereocenters. The van der Waals surface area contributed by atoms with Gasteiger partial charge in [-0.1, -0.05) is 24.2 Å². The number of hydrogen-bond acceptors (Lipinski definition) is 6. The van der Waals surface area contributed by atoms with Crippen molar-refractivity contribution in [2.45, 2.75) is 25.7 Å². The highest BCUT2D eigenvalue weighted by Crippen LogP contribution is 2.22. The van der Waals surface area contributed by atoms with E-state index in [0.29, 0.717) is 23.6 Å². The molecule has 0 saturated carbocycles. The number of sulfone groups is 1. The number of fused-ring (bicyclic) bond motifs is 1. The van der Waals surface area contributed by atoms with Crippen LogP contribution in [0.3, 0.4) is 0 Å². The number of thiazole rings is 1. The lowest BCUT2D eigenvalue weighted by molar-refractivity contribution is -0.128. The third-order valence-corrected chi connectivity index (χ3v) is 7.35. The monoisotopic (exact) mass is 439 g/mol. The van der Waals surface area contributed by atoms with E-state index >= 15 is 0 Å². The molecule has 0 N–H and O–H groups in total. The van der Waals surface area contributed by atoms with Gasteiger partial charge in [-0.2, -0.15) is 4.99 Å². The van der Waals surface area contributed by atoms with Crippen LogP contribution in [0.5, 0.6) is 5.75 Å². The van der Waals surface area contributed by atoms with E-state index in [2.05, 4.69) is 4.99 Å². The molecular formula is C19H25N3O5S2. The first-order valence-electron chi connectivity index (χ1n) is 9.48. The minimum absolute atomic E-state index is 0.396. The number of hydrogen-bond donors (Lipinski definition) is 0. The van der Waals surface area contributed by atoms with Crippen LogP contribution in [0, 0.1) is 0 Å². The van der Waals surface area contributed by atoms with Crippen LogP contribution in [0.15, 0.2) is 23.2 Å². The molecular weight excluding hydrogens is 414 g/mol. The molecule has 2 heterocycles. The predicted molar refractivity (Wildman–Crippen MR) is 112 cm³/mol. The first-order valence-corrected chi connectivity index (χ1v) is 12.1. The first kappa shape index (κ1) is 21.5. The summed E-state index contributed by atoms with van der Waals surface area (Å²) in [6.07, 6.45) is 3.86. The fourth-order valence-electron chi connectivity index (χ4n) is 3.33. The van der Waals surface area contributed by atoms with Crippen LogP contribution in [0.25, 0.3) is 10.2 Å². The van der Waals surface area contributed by atoms with E-state index in [9.17, 15) is 18.0 Å². The van der Waals surface area contributed by atoms with Gasteiger partial charge in [0.1, 0.15) is 17.3 Å². The summed E-state index contributed by atoms with van der Waals surface area (Å²) in [4.78, 5) is 30.6. The Morgan fingerprint density at radius 2 is 1.83 bits per heavy atom. The Labute approximate surface area is 173 Å². The lowest BCUT2D eigenvalue weighted by atomic mass is 10.2. The molecule has 1 aromatic carbocycles. The van der Waals surface area contributed by atoms with Crippen LogP contribution in [-0.2, 0) is 26.5 Å². The van der Waals surface area contributed by atoms with Gasteiger partial charge in [-0.3, -0.25) is 9.59 Å². The number of nitrogens with zero attached hydrogens (tertiary/aromatic N) is 3. The maximum Gasteiger partial charge on any atom is 0.263 e. The third-order valence-electron chi connectivity index (χ3n) is 4.88. The molecule has 0 aliphatic carbocycles. The van der Waals surface area contributed by atoms with Crippen LogP contribution >= 0.6 is 11.3 Å². The van der Waals surface area contributed by atoms with Crippen molar-refractivity contribution in [1.29, 1.82) is 0 Å². The van der Waals surface area contributed by atoms with Crippen molar-refractivity contribution < 1.29 is 22.7 Å². The lowest BCUT2D eigenvalue weighted by Gasteiger charge is -2.19. The predicted octanol–water partition coefficient (Wildman–Crippen LogP) is 1.49. The van der Waals surface area contributed by atoms with Crippen molar-refractivity contribution in [3.63, 3.8) is 0 Å². The normalized spacial score (nSPS) is 16.1. The Morgan fingerprint density at radius 3 is 2.48 bits per heavy atom. The molecule has 10 heteroatoms. The van der Waals surface area contributed by atoms with Crippen molar-refractivity contribution in [3.05, 3.63) is 23.0 Å². The average Bonchev–Trinajstić information content (AvgIpc) is 2.85. The minimum Gasteiger partial charge on any atom is -0.497 e. The molecule has 2 amide bonds. The molecule has 1 aromatic heterocycles. The Bertz CT molecular complexity index is 1080. The molecule has 0 atom stereocenters. The van der Waals surface area contributed by atoms with E-state index in [4.69, 9.17) is 4.74 Å². The van der Waals surface area contributed by atoms with Gasteiger partial charge in [0.15, 0.2) is 14.6 Å². The highest BCUT2D eigenvalue weighted by molar-refractivity contribution is 7.92. The molecule has 3 rings (SSSR count). The number of aromatic nitrogens is 1. The highest BCUT2D eigenvalue weighted by atomic mass is 32.2. The van der Waals surface area contributed by atoms with E-state index in [0.717, 1.165) is 35.9 Å². The van der Waals surface area contributed by atoms with Crippen molar-refractivity contribution >= 4 is 43.2 Å². The van der Waals surface area contributed by atoms with Gasteiger partial charge in [0, 0.05) is 20.1 Å². The zero-order valence-electron chi connectivity index (χ0n) is 16.6. The fourth-order valence-corrected chi connectivity index (χ4v) is 5.49. The molecule has 0 spiro atoms. The number of methoxy groups -OCH3 is 1. The lowest BCUT2D eigenvalue weighted by Crippen LogP contribution is -2.37. The van der Waals surface area contributed by atoms with Gasteiger partial charge >= 0.3 is 0 Å². The van der Waals surface area contributed by atoms with Crippen LogP contribution < -0.4 is 9.54 Å². The van der Waals surface area contributed by atoms with Crippen molar-refractivity contribution in [2.24, 2.45) is 12.0 Å². The van der Waals surface area contributed by atoms with Crippen LogP contribution in [0.1, 0.15) is 25.7 Å². The van der Waals surface area contributed by atoms with Gasteiger partial charge in [0.2, 0.25) is 5.91 Å². The second-order valence-electron chi connectivity index (χ2n) is 7.11. The van der Waals surface area contributed by atoms with Crippen LogP contribution in [0.2, 0.25) is 0 Å². The zero-order chi connectivity index (χ0) is 21.0. The number of ether oxygens (including phenoxy) is 1. The van der Waals surface area contributed by atoms with Gasteiger partial charge in [-0.15, -0.1) is 0 Å². The van der Waals surface area contributed by atoms with Gasteiger partial charge in [-0.05, 0) is 31.0 Å². The fraction of sp³-hybridized carbons (Fsp3) is 0.526. The van der Waals surface area contributed by atoms with Gasteiger partial charge in [-0.25, -0.2) is 8.42 Å². The number of carbonyl (C=O) groups excluding carboxylic acids is 2. The standard InChI is InChI=1S/C19H25N3O5S2/c1-21-15-8-7-14(27-2)11-16(15)28-19(21)20-17(23)12-29(25,26)13-18(24)22-9-5-3-4-6-10-22/h7-8,11H,3-6,9-10,12-13H2,1-2H3. The van der Waals surface area contributed by atoms with Gasteiger partial charge in [0.05, 0.1) is 17.3 Å². The number of rotatable bonds is 5. The molecule has 1 aliphatic rings. The Morgan fingerprint density at radius 1 is 1.14 bits per heavy atom. The number of amides is 2. The van der Waals surface area contributed by atoms with Crippen LogP contribution in [0.4, 0.5) is 0 Å². The van der Waals surface area contributed by atoms with Gasteiger partial charge < -0.3 is 14.2 Å². The van der Waals surface area contributed by atoms with Crippen LogP contribution in [-0.4, -0.2) is 61.4 Å². The summed E-state index contributed by atoms with van der Waals surface area (Å²) in [5.74, 6) is -1.94. The number of carbonyl (C=O) groups is 2. The molecule has 1 aliphatic heterocycles. The molecule has 8 nitrogen and oxygen atoms in total. The minimum atomic E-state index is -3.87. The molecule has 2 aromatic rings. The Hall–Kier alpha value is -2.20. The number of benzene rings is 1. The first-order chi connectivity index (χ1) is 13.8. The summed E-state index contributed by atoms with van der Waals surface area (Å²) in [6, 6.07) is 5.49. The molecule has 0 bridgehead atoms. The largest absolute Gasteiger partial charge is 0.497 e. The molecule has 1 fully saturated rings. The van der Waals surface area contributed by atoms with Crippen molar-refractivity contribution in [3.8, 4) is 5.75 Å². The summed E-state index contributed by atoms with van der Waals surface area (Å²) in [5, 5.41) is 0. The third kappa shape index (κ3) is 5.45.